The third kappa shape index (κ3) is 4.24. The van der Waals surface area contributed by atoms with E-state index in [2.05, 4.69) is 52.3 Å². The van der Waals surface area contributed by atoms with Gasteiger partial charge in [0.1, 0.15) is 0 Å². The number of ether oxygens (including phenoxy) is 1. The van der Waals surface area contributed by atoms with E-state index >= 15 is 0 Å². The monoisotopic (exact) mass is 417 g/mol. The Morgan fingerprint density at radius 2 is 1.87 bits per heavy atom. The molecule has 31 heavy (non-hydrogen) atoms. The Bertz CT molecular complexity index is 978. The first-order valence-electron chi connectivity index (χ1n) is 11.5. The van der Waals surface area contributed by atoms with Crippen molar-refractivity contribution < 1.29 is 9.53 Å². The number of fused-ring (bicyclic) bond motifs is 1. The number of para-hydroxylation sites is 1. The smallest absolute Gasteiger partial charge is 0.227 e. The van der Waals surface area contributed by atoms with Crippen molar-refractivity contribution >= 4 is 23.0 Å². The van der Waals surface area contributed by atoms with Crippen LogP contribution in [0.5, 0.6) is 0 Å². The molecule has 2 fully saturated rings. The first-order chi connectivity index (χ1) is 15.2. The van der Waals surface area contributed by atoms with Crippen LogP contribution in [0.15, 0.2) is 53.5 Å². The molecule has 0 aliphatic carbocycles. The number of amides is 1. The maximum Gasteiger partial charge on any atom is 0.227 e. The highest BCUT2D eigenvalue weighted by Crippen LogP contribution is 2.31. The van der Waals surface area contributed by atoms with E-state index in [-0.39, 0.29) is 5.92 Å². The van der Waals surface area contributed by atoms with Gasteiger partial charge in [0.2, 0.25) is 5.91 Å². The number of rotatable bonds is 4. The largest absolute Gasteiger partial charge is 0.381 e. The average Bonchev–Trinajstić information content (AvgIpc) is 3.28. The van der Waals surface area contributed by atoms with Crippen LogP contribution in [-0.2, 0) is 16.0 Å². The number of piperidine rings is 2. The predicted molar refractivity (Wildman–Crippen MR) is 124 cm³/mol. The number of methoxy groups -OCH3 is 1. The molecule has 0 spiro atoms. The summed E-state index contributed by atoms with van der Waals surface area (Å²) in [7, 11) is 1.77. The Morgan fingerprint density at radius 3 is 2.68 bits per heavy atom. The molecular weight excluding hydrogens is 386 g/mol. The fourth-order valence-corrected chi connectivity index (χ4v) is 5.17. The van der Waals surface area contributed by atoms with Crippen molar-refractivity contribution in [3.63, 3.8) is 0 Å². The number of benzene rings is 2. The quantitative estimate of drug-likeness (QED) is 0.748. The molecule has 3 aliphatic rings. The summed E-state index contributed by atoms with van der Waals surface area (Å²) in [5.74, 6) is 0.413. The molecule has 3 aliphatic heterocycles. The number of aliphatic imine (C=N–C) groups is 1. The zero-order chi connectivity index (χ0) is 21.2. The molecule has 5 heteroatoms. The first-order valence-corrected chi connectivity index (χ1v) is 11.5. The van der Waals surface area contributed by atoms with Crippen LogP contribution in [0.1, 0.15) is 36.8 Å². The van der Waals surface area contributed by atoms with E-state index in [1.54, 1.807) is 7.11 Å². The lowest BCUT2D eigenvalue weighted by Gasteiger charge is -2.38. The second-order valence-corrected chi connectivity index (χ2v) is 8.96. The second kappa shape index (κ2) is 8.83. The third-order valence-electron chi connectivity index (χ3n) is 7.01. The van der Waals surface area contributed by atoms with Crippen molar-refractivity contribution in [2.24, 2.45) is 10.9 Å². The van der Waals surface area contributed by atoms with Crippen LogP contribution in [0.4, 0.5) is 11.4 Å². The molecule has 2 aromatic rings. The van der Waals surface area contributed by atoms with Crippen LogP contribution in [0, 0.1) is 5.92 Å². The topological polar surface area (TPSA) is 45.1 Å². The molecule has 2 saturated heterocycles. The van der Waals surface area contributed by atoms with Crippen LogP contribution < -0.4 is 4.90 Å². The standard InChI is InChI=1S/C26H31N3O2/c1-31-23-11-14-28(15-12-23)26(30)21-8-5-13-29(18-21)22-9-4-7-19(16-22)25-17-20-6-2-3-10-24(20)27-25/h2-4,6-7,9-10,16,21,23H,5,8,11-15,17-18H2,1H3/t21-/m0/s1. The summed E-state index contributed by atoms with van der Waals surface area (Å²) in [5.41, 5.74) is 5.90. The summed E-state index contributed by atoms with van der Waals surface area (Å²) in [6.07, 6.45) is 5.14. The van der Waals surface area contributed by atoms with E-state index in [4.69, 9.17) is 9.73 Å². The van der Waals surface area contributed by atoms with Gasteiger partial charge >= 0.3 is 0 Å². The highest BCUT2D eigenvalue weighted by atomic mass is 16.5. The van der Waals surface area contributed by atoms with Crippen LogP contribution in [0.2, 0.25) is 0 Å². The van der Waals surface area contributed by atoms with Gasteiger partial charge in [-0.25, -0.2) is 0 Å². The molecule has 3 heterocycles. The molecule has 0 N–H and O–H groups in total. The number of carbonyl (C=O) groups excluding carboxylic acids is 1. The van der Waals surface area contributed by atoms with Gasteiger partial charge in [0.15, 0.2) is 0 Å². The number of likely N-dealkylation sites (tertiary alicyclic amines) is 1. The van der Waals surface area contributed by atoms with Gasteiger partial charge < -0.3 is 14.5 Å². The highest BCUT2D eigenvalue weighted by molar-refractivity contribution is 6.07. The molecule has 1 amide bonds. The highest BCUT2D eigenvalue weighted by Gasteiger charge is 2.31. The molecule has 0 unspecified atom stereocenters. The first kappa shape index (κ1) is 20.3. The summed E-state index contributed by atoms with van der Waals surface area (Å²) in [6.45, 7) is 3.46. The molecule has 162 valence electrons. The number of carbonyl (C=O) groups is 1. The zero-order valence-corrected chi connectivity index (χ0v) is 18.3. The Labute approximate surface area is 184 Å². The Kier molecular flexibility index (Phi) is 5.77. The van der Waals surface area contributed by atoms with Crippen molar-refractivity contribution in [1.82, 2.24) is 4.90 Å². The average molecular weight is 418 g/mol. The number of hydrogen-bond donors (Lipinski definition) is 0. The molecule has 0 aromatic heterocycles. The maximum atomic E-state index is 13.2. The lowest BCUT2D eigenvalue weighted by atomic mass is 9.94. The van der Waals surface area contributed by atoms with E-state index < -0.39 is 0 Å². The molecule has 5 nitrogen and oxygen atoms in total. The molecule has 0 radical (unpaired) electrons. The third-order valence-corrected chi connectivity index (χ3v) is 7.01. The second-order valence-electron chi connectivity index (χ2n) is 8.96. The number of nitrogens with zero attached hydrogens (tertiary/aromatic N) is 3. The minimum Gasteiger partial charge on any atom is -0.381 e. The van der Waals surface area contributed by atoms with Crippen LogP contribution >= 0.6 is 0 Å². The van der Waals surface area contributed by atoms with Crippen LogP contribution in [-0.4, -0.2) is 55.9 Å². The van der Waals surface area contributed by atoms with Gasteiger partial charge in [0, 0.05) is 45.4 Å². The maximum absolute atomic E-state index is 13.2. The Balaban J connectivity index is 1.27. The normalized spacial score (nSPS) is 21.7. The molecule has 0 saturated carbocycles. The van der Waals surface area contributed by atoms with Crippen LogP contribution in [0.3, 0.4) is 0 Å². The fraction of sp³-hybridized carbons (Fsp3) is 0.462. The lowest BCUT2D eigenvalue weighted by Crippen LogP contribution is -2.48. The van der Waals surface area contributed by atoms with Gasteiger partial charge in [-0.2, -0.15) is 0 Å². The van der Waals surface area contributed by atoms with Crippen molar-refractivity contribution in [3.05, 3.63) is 59.7 Å². The lowest BCUT2D eigenvalue weighted by molar-refractivity contribution is -0.138. The summed E-state index contributed by atoms with van der Waals surface area (Å²) in [5, 5.41) is 0. The van der Waals surface area contributed by atoms with E-state index in [0.717, 1.165) is 69.7 Å². The fourth-order valence-electron chi connectivity index (χ4n) is 5.17. The Hall–Kier alpha value is -2.66. The van der Waals surface area contributed by atoms with Crippen molar-refractivity contribution in [2.75, 3.05) is 38.2 Å². The number of anilines is 1. The van der Waals surface area contributed by atoms with Crippen LogP contribution in [0.25, 0.3) is 0 Å². The van der Waals surface area contributed by atoms with Gasteiger partial charge in [-0.15, -0.1) is 0 Å². The summed E-state index contributed by atoms with van der Waals surface area (Å²) in [4.78, 5) is 22.5. The van der Waals surface area contributed by atoms with Crippen molar-refractivity contribution in [1.29, 1.82) is 0 Å². The molecule has 0 bridgehead atoms. The summed E-state index contributed by atoms with van der Waals surface area (Å²) < 4.78 is 5.46. The predicted octanol–water partition coefficient (Wildman–Crippen LogP) is 4.22. The van der Waals surface area contributed by atoms with E-state index in [0.29, 0.717) is 12.0 Å². The summed E-state index contributed by atoms with van der Waals surface area (Å²) in [6, 6.07) is 17.1. The SMILES string of the molecule is COC1CCN(C(=O)[C@H]2CCCN(c3cccc(C4=Nc5ccccc5C4)c3)C2)CC1. The Morgan fingerprint density at radius 1 is 1.03 bits per heavy atom. The van der Waals surface area contributed by atoms with Gasteiger partial charge in [-0.05, 0) is 55.0 Å². The minimum absolute atomic E-state index is 0.0876. The van der Waals surface area contributed by atoms with E-state index in [1.807, 2.05) is 6.07 Å². The van der Waals surface area contributed by atoms with Crippen molar-refractivity contribution in [2.45, 2.75) is 38.2 Å². The van der Waals surface area contributed by atoms with Gasteiger partial charge in [-0.3, -0.25) is 9.79 Å². The van der Waals surface area contributed by atoms with E-state index in [1.165, 1.54) is 16.8 Å². The van der Waals surface area contributed by atoms with Gasteiger partial charge in [-0.1, -0.05) is 30.3 Å². The zero-order valence-electron chi connectivity index (χ0n) is 18.3. The summed E-state index contributed by atoms with van der Waals surface area (Å²) >= 11 is 0. The van der Waals surface area contributed by atoms with Gasteiger partial charge in [0.25, 0.3) is 0 Å². The van der Waals surface area contributed by atoms with Crippen molar-refractivity contribution in [3.8, 4) is 0 Å². The minimum atomic E-state index is 0.0876. The van der Waals surface area contributed by atoms with Gasteiger partial charge in [0.05, 0.1) is 23.4 Å². The number of hydrogen-bond acceptors (Lipinski definition) is 4. The molecule has 5 rings (SSSR count). The molecular formula is C26H31N3O2. The molecule has 1 atom stereocenters. The molecule has 2 aromatic carbocycles. The van der Waals surface area contributed by atoms with E-state index in [9.17, 15) is 4.79 Å².